The van der Waals surface area contributed by atoms with E-state index < -0.39 is 9.84 Å². The third-order valence-corrected chi connectivity index (χ3v) is 7.16. The summed E-state index contributed by atoms with van der Waals surface area (Å²) in [6.45, 7) is 4.26. The maximum absolute atomic E-state index is 13.1. The van der Waals surface area contributed by atoms with Crippen molar-refractivity contribution < 1.29 is 13.2 Å². The molecule has 1 N–H and O–H groups in total. The Balaban J connectivity index is 1.55. The molecule has 2 heterocycles. The van der Waals surface area contributed by atoms with E-state index in [1.807, 2.05) is 44.2 Å². The first kappa shape index (κ1) is 22.7. The van der Waals surface area contributed by atoms with Gasteiger partial charge in [-0.3, -0.25) is 4.79 Å². The first-order valence-corrected chi connectivity index (χ1v) is 12.5. The predicted molar refractivity (Wildman–Crippen MR) is 129 cm³/mol. The standard InChI is InChI=1S/C25H26N4O3S/c1-18(2)29-24-22(17-27-29)21(16-23(28-24)19-10-5-3-6-11-19)25(30)26-14-9-15-33(31,32)20-12-7-4-8-13-20/h3-8,10-13,16-18H,9,14-15H2,1-2H3,(H,26,30). The molecule has 8 heteroatoms. The Morgan fingerprint density at radius 3 is 2.36 bits per heavy atom. The van der Waals surface area contributed by atoms with Crippen molar-refractivity contribution in [3.63, 3.8) is 0 Å². The fourth-order valence-corrected chi connectivity index (χ4v) is 4.98. The number of pyridine rings is 1. The van der Waals surface area contributed by atoms with Crippen LogP contribution in [0.1, 0.15) is 36.7 Å². The number of hydrogen-bond donors (Lipinski definition) is 1. The van der Waals surface area contributed by atoms with Crippen LogP contribution in [0.15, 0.2) is 77.8 Å². The fraction of sp³-hybridized carbons (Fsp3) is 0.240. The number of amides is 1. The van der Waals surface area contributed by atoms with Gasteiger partial charge in [0.1, 0.15) is 0 Å². The van der Waals surface area contributed by atoms with Gasteiger partial charge in [-0.15, -0.1) is 0 Å². The topological polar surface area (TPSA) is 94.0 Å². The highest BCUT2D eigenvalue weighted by atomic mass is 32.2. The first-order valence-electron chi connectivity index (χ1n) is 10.9. The maximum Gasteiger partial charge on any atom is 0.252 e. The summed E-state index contributed by atoms with van der Waals surface area (Å²) in [7, 11) is -3.38. The summed E-state index contributed by atoms with van der Waals surface area (Å²) in [6.07, 6.45) is 1.97. The van der Waals surface area contributed by atoms with Crippen LogP contribution < -0.4 is 5.32 Å². The average molecular weight is 463 g/mol. The van der Waals surface area contributed by atoms with Crippen LogP contribution in [-0.4, -0.2) is 41.4 Å². The van der Waals surface area contributed by atoms with Crippen LogP contribution >= 0.6 is 0 Å². The molecule has 0 radical (unpaired) electrons. The molecule has 0 spiro atoms. The number of rotatable bonds is 8. The highest BCUT2D eigenvalue weighted by Gasteiger charge is 2.19. The van der Waals surface area contributed by atoms with Gasteiger partial charge in [0.15, 0.2) is 15.5 Å². The average Bonchev–Trinajstić information content (AvgIpc) is 3.26. The van der Waals surface area contributed by atoms with Gasteiger partial charge in [0.2, 0.25) is 0 Å². The molecule has 2 aromatic heterocycles. The second-order valence-corrected chi connectivity index (χ2v) is 10.2. The molecule has 0 atom stereocenters. The third-order valence-electron chi connectivity index (χ3n) is 5.35. The first-order chi connectivity index (χ1) is 15.9. The molecule has 0 unspecified atom stereocenters. The van der Waals surface area contributed by atoms with Gasteiger partial charge in [-0.2, -0.15) is 5.10 Å². The summed E-state index contributed by atoms with van der Waals surface area (Å²) >= 11 is 0. The van der Waals surface area contributed by atoms with Crippen molar-refractivity contribution in [2.75, 3.05) is 12.3 Å². The van der Waals surface area contributed by atoms with Gasteiger partial charge in [-0.25, -0.2) is 18.1 Å². The van der Waals surface area contributed by atoms with Gasteiger partial charge in [0, 0.05) is 18.2 Å². The quantitative estimate of drug-likeness (QED) is 0.395. The molecule has 33 heavy (non-hydrogen) atoms. The van der Waals surface area contributed by atoms with Crippen molar-refractivity contribution in [2.24, 2.45) is 0 Å². The molecule has 0 bridgehead atoms. The monoisotopic (exact) mass is 462 g/mol. The van der Waals surface area contributed by atoms with E-state index >= 15 is 0 Å². The molecule has 1 amide bonds. The molecule has 0 saturated carbocycles. The Morgan fingerprint density at radius 2 is 1.70 bits per heavy atom. The Labute approximate surface area is 193 Å². The van der Waals surface area contributed by atoms with E-state index in [4.69, 9.17) is 4.98 Å². The molecule has 0 fully saturated rings. The minimum Gasteiger partial charge on any atom is -0.352 e. The van der Waals surface area contributed by atoms with Crippen LogP contribution in [0.2, 0.25) is 0 Å². The van der Waals surface area contributed by atoms with E-state index in [9.17, 15) is 13.2 Å². The van der Waals surface area contributed by atoms with Crippen LogP contribution in [0.5, 0.6) is 0 Å². The Kier molecular flexibility index (Phi) is 6.55. The molecule has 4 aromatic rings. The maximum atomic E-state index is 13.1. The molecule has 0 saturated heterocycles. The molecular formula is C25H26N4O3S. The summed E-state index contributed by atoms with van der Waals surface area (Å²) in [6, 6.07) is 19.9. The smallest absolute Gasteiger partial charge is 0.252 e. The van der Waals surface area contributed by atoms with Crippen LogP contribution in [0.3, 0.4) is 0 Å². The van der Waals surface area contributed by atoms with Crippen LogP contribution in [0, 0.1) is 0 Å². The summed E-state index contributed by atoms with van der Waals surface area (Å²) in [5.74, 6) is -0.316. The largest absolute Gasteiger partial charge is 0.352 e. The number of carbonyl (C=O) groups is 1. The lowest BCUT2D eigenvalue weighted by molar-refractivity contribution is 0.0955. The Bertz CT molecular complexity index is 1370. The zero-order valence-electron chi connectivity index (χ0n) is 18.6. The van der Waals surface area contributed by atoms with Gasteiger partial charge in [-0.1, -0.05) is 48.5 Å². The molecule has 0 aliphatic carbocycles. The predicted octanol–water partition coefficient (Wildman–Crippen LogP) is 4.27. The lowest BCUT2D eigenvalue weighted by atomic mass is 10.1. The van der Waals surface area contributed by atoms with Gasteiger partial charge in [0.05, 0.1) is 33.5 Å². The van der Waals surface area contributed by atoms with Crippen molar-refractivity contribution in [2.45, 2.75) is 31.2 Å². The van der Waals surface area contributed by atoms with E-state index in [0.29, 0.717) is 33.6 Å². The van der Waals surface area contributed by atoms with Crippen molar-refractivity contribution in [3.8, 4) is 11.3 Å². The highest BCUT2D eigenvalue weighted by molar-refractivity contribution is 7.91. The molecule has 2 aromatic carbocycles. The lowest BCUT2D eigenvalue weighted by Gasteiger charge is -2.11. The summed E-state index contributed by atoms with van der Waals surface area (Å²) in [4.78, 5) is 18.2. The minimum absolute atomic E-state index is 0.0381. The normalized spacial score (nSPS) is 11.7. The van der Waals surface area contributed by atoms with Crippen molar-refractivity contribution in [1.82, 2.24) is 20.1 Å². The van der Waals surface area contributed by atoms with Crippen molar-refractivity contribution in [1.29, 1.82) is 0 Å². The fourth-order valence-electron chi connectivity index (χ4n) is 3.65. The minimum atomic E-state index is -3.38. The molecule has 0 aliphatic heterocycles. The summed E-state index contributed by atoms with van der Waals surface area (Å²) in [5.41, 5.74) is 2.70. The van der Waals surface area contributed by atoms with E-state index in [1.165, 1.54) is 0 Å². The number of sulfone groups is 1. The van der Waals surface area contributed by atoms with Crippen molar-refractivity contribution in [3.05, 3.63) is 78.5 Å². The second-order valence-electron chi connectivity index (χ2n) is 8.08. The van der Waals surface area contributed by atoms with E-state index in [-0.39, 0.29) is 24.2 Å². The molecular weight excluding hydrogens is 436 g/mol. The number of carbonyl (C=O) groups excluding carboxylic acids is 1. The molecule has 7 nitrogen and oxygen atoms in total. The second kappa shape index (κ2) is 9.54. The van der Waals surface area contributed by atoms with E-state index in [2.05, 4.69) is 10.4 Å². The Hall–Kier alpha value is -3.52. The number of nitrogens with one attached hydrogen (secondary N) is 1. The number of hydrogen-bond acceptors (Lipinski definition) is 5. The van der Waals surface area contributed by atoms with E-state index in [1.54, 1.807) is 47.3 Å². The number of nitrogens with zero attached hydrogens (tertiary/aromatic N) is 3. The third kappa shape index (κ3) is 4.96. The molecule has 4 rings (SSSR count). The lowest BCUT2D eigenvalue weighted by Crippen LogP contribution is -2.26. The number of fused-ring (bicyclic) bond motifs is 1. The van der Waals surface area contributed by atoms with Crippen LogP contribution in [0.4, 0.5) is 0 Å². The van der Waals surface area contributed by atoms with Gasteiger partial charge in [-0.05, 0) is 38.5 Å². The van der Waals surface area contributed by atoms with Gasteiger partial charge >= 0.3 is 0 Å². The van der Waals surface area contributed by atoms with Crippen LogP contribution in [0.25, 0.3) is 22.3 Å². The highest BCUT2D eigenvalue weighted by Crippen LogP contribution is 2.26. The zero-order valence-corrected chi connectivity index (χ0v) is 19.4. The molecule has 170 valence electrons. The zero-order chi connectivity index (χ0) is 23.4. The van der Waals surface area contributed by atoms with Crippen LogP contribution in [-0.2, 0) is 9.84 Å². The summed E-state index contributed by atoms with van der Waals surface area (Å²) < 4.78 is 26.7. The van der Waals surface area contributed by atoms with Gasteiger partial charge < -0.3 is 5.32 Å². The number of aromatic nitrogens is 3. The van der Waals surface area contributed by atoms with E-state index in [0.717, 1.165) is 5.56 Å². The molecule has 0 aliphatic rings. The SMILES string of the molecule is CC(C)n1ncc2c(C(=O)NCCCS(=O)(=O)c3ccccc3)cc(-c3ccccc3)nc21. The summed E-state index contributed by atoms with van der Waals surface area (Å²) in [5, 5.41) is 7.96. The van der Waals surface area contributed by atoms with Gasteiger partial charge in [0.25, 0.3) is 5.91 Å². The number of benzene rings is 2. The van der Waals surface area contributed by atoms with Crippen molar-refractivity contribution >= 4 is 26.8 Å². The Morgan fingerprint density at radius 1 is 1.03 bits per heavy atom.